The Hall–Kier alpha value is -1.75. The molecule has 6 heteroatoms. The summed E-state index contributed by atoms with van der Waals surface area (Å²) in [5.41, 5.74) is 6.56. The molecule has 0 aromatic heterocycles. The van der Waals surface area contributed by atoms with Crippen LogP contribution in [0, 0.1) is 0 Å². The van der Waals surface area contributed by atoms with Crippen molar-refractivity contribution in [3.63, 3.8) is 0 Å². The van der Waals surface area contributed by atoms with Crippen molar-refractivity contribution in [1.29, 1.82) is 0 Å². The van der Waals surface area contributed by atoms with Crippen LogP contribution in [-0.2, 0) is 9.53 Å². The Labute approximate surface area is 129 Å². The van der Waals surface area contributed by atoms with Crippen molar-refractivity contribution in [3.05, 3.63) is 28.8 Å². The monoisotopic (exact) mass is 312 g/mol. The number of halogens is 1. The van der Waals surface area contributed by atoms with Crippen molar-refractivity contribution in [3.8, 4) is 0 Å². The van der Waals surface area contributed by atoms with Crippen LogP contribution in [-0.4, -0.2) is 25.0 Å². The molecular formula is C15H21ClN2O3. The molecule has 1 rings (SSSR count). The summed E-state index contributed by atoms with van der Waals surface area (Å²) in [5.74, 6) is -0.438. The Kier molecular flexibility index (Phi) is 7.61. The minimum atomic E-state index is -0.247. The largest absolute Gasteiger partial charge is 0.466 e. The molecule has 0 atom stereocenters. The third-order valence-corrected chi connectivity index (χ3v) is 3.16. The van der Waals surface area contributed by atoms with Crippen LogP contribution < -0.4 is 11.1 Å². The summed E-state index contributed by atoms with van der Waals surface area (Å²) in [5, 5.41) is 3.33. The first-order valence-corrected chi connectivity index (χ1v) is 7.35. The lowest BCUT2D eigenvalue weighted by Gasteiger charge is -2.08. The maximum absolute atomic E-state index is 11.9. The first-order chi connectivity index (χ1) is 10.0. The quantitative estimate of drug-likeness (QED) is 0.439. The molecule has 5 nitrogen and oxygen atoms in total. The summed E-state index contributed by atoms with van der Waals surface area (Å²) in [4.78, 5) is 22.4. The Morgan fingerprint density at radius 1 is 1.24 bits per heavy atom. The van der Waals surface area contributed by atoms with Gasteiger partial charge in [-0.2, -0.15) is 0 Å². The van der Waals surface area contributed by atoms with Gasteiger partial charge in [-0.25, -0.2) is 0 Å². The smallest absolute Gasteiger partial charge is 0.302 e. The van der Waals surface area contributed by atoms with E-state index in [0.717, 1.165) is 25.7 Å². The van der Waals surface area contributed by atoms with Crippen LogP contribution in [0.2, 0.25) is 5.02 Å². The van der Waals surface area contributed by atoms with Crippen LogP contribution in [0.15, 0.2) is 18.2 Å². The molecule has 0 fully saturated rings. The van der Waals surface area contributed by atoms with Crippen LogP contribution >= 0.6 is 11.6 Å². The van der Waals surface area contributed by atoms with Crippen molar-refractivity contribution in [2.24, 2.45) is 0 Å². The Bertz CT molecular complexity index is 492. The Morgan fingerprint density at radius 2 is 1.95 bits per heavy atom. The van der Waals surface area contributed by atoms with E-state index in [1.165, 1.54) is 6.92 Å². The van der Waals surface area contributed by atoms with Crippen molar-refractivity contribution >= 4 is 29.2 Å². The van der Waals surface area contributed by atoms with Gasteiger partial charge in [-0.1, -0.05) is 18.0 Å². The normalized spacial score (nSPS) is 10.2. The fourth-order valence-electron chi connectivity index (χ4n) is 1.83. The van der Waals surface area contributed by atoms with Crippen molar-refractivity contribution in [1.82, 2.24) is 5.32 Å². The van der Waals surface area contributed by atoms with Crippen LogP contribution in [0.3, 0.4) is 0 Å². The molecule has 0 saturated heterocycles. The van der Waals surface area contributed by atoms with E-state index < -0.39 is 0 Å². The number of amides is 1. The topological polar surface area (TPSA) is 81.4 Å². The molecule has 0 bridgehead atoms. The lowest BCUT2D eigenvalue weighted by atomic mass is 10.1. The molecular weight excluding hydrogens is 292 g/mol. The number of hydrogen-bond acceptors (Lipinski definition) is 4. The lowest BCUT2D eigenvalue weighted by Crippen LogP contribution is -2.25. The van der Waals surface area contributed by atoms with Gasteiger partial charge in [-0.15, -0.1) is 0 Å². The predicted octanol–water partition coefficient (Wildman–Crippen LogP) is 2.78. The second-order valence-electron chi connectivity index (χ2n) is 4.74. The minimum Gasteiger partial charge on any atom is -0.466 e. The first-order valence-electron chi connectivity index (χ1n) is 6.97. The highest BCUT2D eigenvalue weighted by Gasteiger charge is 2.08. The molecule has 0 spiro atoms. The summed E-state index contributed by atoms with van der Waals surface area (Å²) >= 11 is 5.79. The number of nitrogens with two attached hydrogens (primary N) is 1. The van der Waals surface area contributed by atoms with Gasteiger partial charge in [0.05, 0.1) is 12.2 Å². The summed E-state index contributed by atoms with van der Waals surface area (Å²) in [6, 6.07) is 4.82. The summed E-state index contributed by atoms with van der Waals surface area (Å²) < 4.78 is 4.83. The molecule has 21 heavy (non-hydrogen) atoms. The number of esters is 1. The van der Waals surface area contributed by atoms with Crippen molar-refractivity contribution in [2.45, 2.75) is 32.6 Å². The number of carbonyl (C=O) groups excluding carboxylic acids is 2. The highest BCUT2D eigenvalue weighted by atomic mass is 35.5. The van der Waals surface area contributed by atoms with E-state index in [0.29, 0.717) is 29.4 Å². The number of ether oxygens (including phenoxy) is 1. The van der Waals surface area contributed by atoms with E-state index in [1.54, 1.807) is 18.2 Å². The molecule has 0 heterocycles. The summed E-state index contributed by atoms with van der Waals surface area (Å²) in [6.07, 6.45) is 3.65. The van der Waals surface area contributed by atoms with E-state index in [-0.39, 0.29) is 11.9 Å². The molecule has 0 saturated carbocycles. The average molecular weight is 313 g/mol. The average Bonchev–Trinajstić information content (AvgIpc) is 2.41. The number of rotatable bonds is 8. The van der Waals surface area contributed by atoms with E-state index in [2.05, 4.69) is 5.32 Å². The van der Waals surface area contributed by atoms with Crippen molar-refractivity contribution in [2.75, 3.05) is 18.9 Å². The van der Waals surface area contributed by atoms with E-state index in [1.807, 2.05) is 0 Å². The van der Waals surface area contributed by atoms with Crippen LogP contribution in [0.1, 0.15) is 43.0 Å². The minimum absolute atomic E-state index is 0.191. The van der Waals surface area contributed by atoms with Crippen LogP contribution in [0.25, 0.3) is 0 Å². The number of carbonyl (C=O) groups is 2. The van der Waals surface area contributed by atoms with Gasteiger partial charge in [0.2, 0.25) is 0 Å². The van der Waals surface area contributed by atoms with Gasteiger partial charge in [0.15, 0.2) is 0 Å². The molecule has 0 radical (unpaired) electrons. The fraction of sp³-hybridized carbons (Fsp3) is 0.467. The number of hydrogen-bond donors (Lipinski definition) is 2. The molecule has 0 aliphatic rings. The molecule has 1 amide bonds. The van der Waals surface area contributed by atoms with Gasteiger partial charge in [-0.3, -0.25) is 9.59 Å². The number of unbranched alkanes of at least 4 members (excludes halogenated alkanes) is 3. The fourth-order valence-corrected chi connectivity index (χ4v) is 2.01. The zero-order valence-corrected chi connectivity index (χ0v) is 12.9. The number of anilines is 1. The maximum atomic E-state index is 11.9. The van der Waals surface area contributed by atoms with Gasteiger partial charge in [0, 0.05) is 24.2 Å². The highest BCUT2D eigenvalue weighted by molar-refractivity contribution is 6.31. The number of nitrogen functional groups attached to an aromatic ring is 1. The number of nitrogens with one attached hydrogen (secondary N) is 1. The van der Waals surface area contributed by atoms with E-state index in [4.69, 9.17) is 22.1 Å². The molecule has 0 aliphatic heterocycles. The third-order valence-electron chi connectivity index (χ3n) is 2.92. The van der Waals surface area contributed by atoms with Gasteiger partial charge in [0.1, 0.15) is 0 Å². The summed E-state index contributed by atoms with van der Waals surface area (Å²) in [7, 11) is 0. The van der Waals surface area contributed by atoms with Gasteiger partial charge >= 0.3 is 5.97 Å². The molecule has 1 aromatic carbocycles. The molecule has 1 aromatic rings. The lowest BCUT2D eigenvalue weighted by molar-refractivity contribution is -0.141. The summed E-state index contributed by atoms with van der Waals surface area (Å²) in [6.45, 7) is 2.45. The number of benzene rings is 1. The second-order valence-corrected chi connectivity index (χ2v) is 5.18. The molecule has 0 aliphatic carbocycles. The van der Waals surface area contributed by atoms with Crippen LogP contribution in [0.4, 0.5) is 5.69 Å². The zero-order valence-electron chi connectivity index (χ0n) is 12.2. The maximum Gasteiger partial charge on any atom is 0.302 e. The van der Waals surface area contributed by atoms with Crippen molar-refractivity contribution < 1.29 is 14.3 Å². The first kappa shape index (κ1) is 17.3. The van der Waals surface area contributed by atoms with E-state index in [9.17, 15) is 9.59 Å². The predicted molar refractivity (Wildman–Crippen MR) is 83.3 cm³/mol. The van der Waals surface area contributed by atoms with Gasteiger partial charge in [0.25, 0.3) is 5.91 Å². The Morgan fingerprint density at radius 3 is 2.62 bits per heavy atom. The molecule has 116 valence electrons. The third kappa shape index (κ3) is 6.99. The molecule has 0 unspecified atom stereocenters. The van der Waals surface area contributed by atoms with E-state index >= 15 is 0 Å². The molecule has 3 N–H and O–H groups in total. The van der Waals surface area contributed by atoms with Crippen LogP contribution in [0.5, 0.6) is 0 Å². The second kappa shape index (κ2) is 9.23. The standard InChI is InChI=1S/C15H21ClN2O3/c1-11(19)21-9-5-3-2-4-8-18-15(20)13-7-6-12(16)10-14(13)17/h6-7,10H,2-5,8-9,17H2,1H3,(H,18,20). The zero-order chi connectivity index (χ0) is 15.7. The highest BCUT2D eigenvalue weighted by Crippen LogP contribution is 2.17. The Balaban J connectivity index is 2.15. The van der Waals surface area contributed by atoms with Gasteiger partial charge in [-0.05, 0) is 37.5 Å². The SMILES string of the molecule is CC(=O)OCCCCCCNC(=O)c1ccc(Cl)cc1N. The van der Waals surface area contributed by atoms with Gasteiger partial charge < -0.3 is 15.8 Å².